The predicted molar refractivity (Wildman–Crippen MR) is 66.2 cm³/mol. The molecule has 0 saturated carbocycles. The molecule has 3 aliphatic heterocycles. The van der Waals surface area contributed by atoms with Gasteiger partial charge in [0.1, 0.15) is 6.10 Å². The molecule has 0 aromatic carbocycles. The van der Waals surface area contributed by atoms with Crippen molar-refractivity contribution >= 4 is 5.91 Å². The molecular weight excluding hydrogens is 250 g/mol. The lowest BCUT2D eigenvalue weighted by Crippen LogP contribution is -2.65. The number of aliphatic hydroxyl groups is 1. The molecule has 0 aromatic rings. The first-order valence-corrected chi connectivity index (χ1v) is 6.78. The Kier molecular flexibility index (Phi) is 3.48. The quantitative estimate of drug-likeness (QED) is 0.571. The zero-order valence-corrected chi connectivity index (χ0v) is 11.1. The third kappa shape index (κ3) is 2.25. The fraction of sp³-hybridized carbons (Fsp3) is 0.917. The van der Waals surface area contributed by atoms with Gasteiger partial charge in [-0.25, -0.2) is 0 Å². The van der Waals surface area contributed by atoms with Gasteiger partial charge in [-0.15, -0.1) is 0 Å². The molecule has 19 heavy (non-hydrogen) atoms. The van der Waals surface area contributed by atoms with Crippen molar-refractivity contribution in [1.82, 2.24) is 9.80 Å². The van der Waals surface area contributed by atoms with Crippen molar-refractivity contribution in [1.29, 1.82) is 0 Å². The lowest BCUT2D eigenvalue weighted by Gasteiger charge is -2.45. The van der Waals surface area contributed by atoms with Crippen LogP contribution in [0, 0.1) is 0 Å². The Morgan fingerprint density at radius 3 is 2.63 bits per heavy atom. The molecule has 3 rings (SSSR count). The number of ether oxygens (including phenoxy) is 2. The summed E-state index contributed by atoms with van der Waals surface area (Å²) >= 11 is 0. The van der Waals surface area contributed by atoms with Crippen LogP contribution < -0.4 is 5.73 Å². The van der Waals surface area contributed by atoms with Crippen LogP contribution in [0.3, 0.4) is 0 Å². The average molecular weight is 271 g/mol. The van der Waals surface area contributed by atoms with E-state index in [1.165, 1.54) is 0 Å². The molecule has 0 spiro atoms. The summed E-state index contributed by atoms with van der Waals surface area (Å²) in [6.45, 7) is 4.79. The summed E-state index contributed by atoms with van der Waals surface area (Å²) in [5, 5.41) is 10.3. The summed E-state index contributed by atoms with van der Waals surface area (Å²) in [4.78, 5) is 15.2. The van der Waals surface area contributed by atoms with Crippen LogP contribution >= 0.6 is 0 Å². The zero-order valence-electron chi connectivity index (χ0n) is 11.1. The number of nitrogens with zero attached hydrogens (tertiary/aromatic N) is 2. The standard InChI is InChI=1S/C12H21N3O4/c1-7(16)14-2-4-15(5-3-14)10-11(17)9(13)8-6-18-12(10)19-8/h8-12,17H,2-6,13H2,1H3/t8-,9-,10+,11-,12-/m1/s1. The summed E-state index contributed by atoms with van der Waals surface area (Å²) in [6.07, 6.45) is -1.24. The van der Waals surface area contributed by atoms with E-state index in [0.717, 1.165) is 0 Å². The van der Waals surface area contributed by atoms with E-state index in [9.17, 15) is 9.90 Å². The highest BCUT2D eigenvalue weighted by molar-refractivity contribution is 5.73. The van der Waals surface area contributed by atoms with Crippen LogP contribution in [0.1, 0.15) is 6.92 Å². The first-order valence-electron chi connectivity index (χ1n) is 6.78. The molecule has 0 aromatic heterocycles. The maximum Gasteiger partial charge on any atom is 0.219 e. The van der Waals surface area contributed by atoms with Crippen molar-refractivity contribution in [3.05, 3.63) is 0 Å². The van der Waals surface area contributed by atoms with Crippen LogP contribution in [-0.4, -0.2) is 84.2 Å². The topological polar surface area (TPSA) is 88.3 Å². The molecule has 2 bridgehead atoms. The Morgan fingerprint density at radius 2 is 2.00 bits per heavy atom. The van der Waals surface area contributed by atoms with Gasteiger partial charge in [-0.2, -0.15) is 0 Å². The zero-order chi connectivity index (χ0) is 13.6. The molecule has 7 heteroatoms. The monoisotopic (exact) mass is 271 g/mol. The normalized spacial score (nSPS) is 43.5. The predicted octanol–water partition coefficient (Wildman–Crippen LogP) is -2.04. The van der Waals surface area contributed by atoms with E-state index in [2.05, 4.69) is 4.90 Å². The van der Waals surface area contributed by atoms with Crippen molar-refractivity contribution in [3.63, 3.8) is 0 Å². The Balaban J connectivity index is 1.67. The minimum atomic E-state index is -0.643. The van der Waals surface area contributed by atoms with Gasteiger partial charge in [-0.05, 0) is 0 Å². The maximum absolute atomic E-state index is 11.3. The number of nitrogens with two attached hydrogens (primary N) is 1. The van der Waals surface area contributed by atoms with Crippen LogP contribution in [0.25, 0.3) is 0 Å². The second kappa shape index (κ2) is 4.99. The molecule has 3 fully saturated rings. The molecule has 3 heterocycles. The number of piperazine rings is 1. The summed E-state index contributed by atoms with van der Waals surface area (Å²) in [5.74, 6) is 0.0916. The highest BCUT2D eigenvalue weighted by Crippen LogP contribution is 2.30. The van der Waals surface area contributed by atoms with Crippen LogP contribution in [-0.2, 0) is 14.3 Å². The molecular formula is C12H21N3O4. The SMILES string of the molecule is CC(=O)N1CCN([C@@H]2[C@@H]3OC[C@@H](O3)[C@@H](N)[C@H]2O)CC1. The van der Waals surface area contributed by atoms with Crippen molar-refractivity contribution in [2.45, 2.75) is 37.5 Å². The number of hydrogen-bond acceptors (Lipinski definition) is 6. The van der Waals surface area contributed by atoms with E-state index in [-0.39, 0.29) is 18.1 Å². The van der Waals surface area contributed by atoms with Gasteiger partial charge in [0.2, 0.25) is 5.91 Å². The number of carbonyl (C=O) groups excluding carboxylic acids is 1. The van der Waals surface area contributed by atoms with Crippen LogP contribution in [0.4, 0.5) is 0 Å². The van der Waals surface area contributed by atoms with Gasteiger partial charge in [0.25, 0.3) is 0 Å². The highest BCUT2D eigenvalue weighted by atomic mass is 16.7. The van der Waals surface area contributed by atoms with Gasteiger partial charge in [0.15, 0.2) is 6.29 Å². The van der Waals surface area contributed by atoms with E-state index >= 15 is 0 Å². The summed E-state index contributed by atoms with van der Waals surface area (Å²) in [7, 11) is 0. The van der Waals surface area contributed by atoms with E-state index in [1.54, 1.807) is 6.92 Å². The molecule has 3 N–H and O–H groups in total. The summed E-state index contributed by atoms with van der Waals surface area (Å²) in [6, 6.07) is -0.641. The van der Waals surface area contributed by atoms with Crippen LogP contribution in [0.5, 0.6) is 0 Å². The molecule has 0 aliphatic carbocycles. The molecule has 0 radical (unpaired) electrons. The number of carbonyl (C=O) groups is 1. The molecule has 0 unspecified atom stereocenters. The average Bonchev–Trinajstić information content (AvgIpc) is 2.83. The van der Waals surface area contributed by atoms with E-state index < -0.39 is 18.4 Å². The second-order valence-corrected chi connectivity index (χ2v) is 5.48. The highest BCUT2D eigenvalue weighted by Gasteiger charge is 2.51. The number of aliphatic hydroxyl groups excluding tert-OH is 1. The van der Waals surface area contributed by atoms with Gasteiger partial charge in [-0.1, -0.05) is 0 Å². The largest absolute Gasteiger partial charge is 0.390 e. The molecule has 1 amide bonds. The number of amides is 1. The lowest BCUT2D eigenvalue weighted by atomic mass is 9.95. The molecule has 108 valence electrons. The molecule has 5 atom stereocenters. The van der Waals surface area contributed by atoms with Crippen molar-refractivity contribution in [3.8, 4) is 0 Å². The van der Waals surface area contributed by atoms with E-state index in [1.807, 2.05) is 4.90 Å². The van der Waals surface area contributed by atoms with Gasteiger partial charge < -0.3 is 25.2 Å². The Morgan fingerprint density at radius 1 is 1.32 bits per heavy atom. The number of rotatable bonds is 1. The van der Waals surface area contributed by atoms with Crippen molar-refractivity contribution < 1.29 is 19.4 Å². The number of hydrogen-bond donors (Lipinski definition) is 2. The fourth-order valence-corrected chi connectivity index (χ4v) is 3.15. The van der Waals surface area contributed by atoms with Gasteiger partial charge >= 0.3 is 0 Å². The summed E-state index contributed by atoms with van der Waals surface area (Å²) in [5.41, 5.74) is 5.99. The molecule has 3 aliphatic rings. The minimum Gasteiger partial charge on any atom is -0.390 e. The third-order valence-electron chi connectivity index (χ3n) is 4.37. The maximum atomic E-state index is 11.3. The molecule has 7 nitrogen and oxygen atoms in total. The Labute approximate surface area is 112 Å². The minimum absolute atomic E-state index is 0.0916. The van der Waals surface area contributed by atoms with E-state index in [4.69, 9.17) is 15.2 Å². The van der Waals surface area contributed by atoms with E-state index in [0.29, 0.717) is 32.8 Å². The second-order valence-electron chi connectivity index (χ2n) is 5.48. The first kappa shape index (κ1) is 13.3. The van der Waals surface area contributed by atoms with Crippen LogP contribution in [0.15, 0.2) is 0 Å². The van der Waals surface area contributed by atoms with Crippen molar-refractivity contribution in [2.24, 2.45) is 5.73 Å². The Hall–Kier alpha value is -0.730. The third-order valence-corrected chi connectivity index (χ3v) is 4.37. The number of fused-ring (bicyclic) bond motifs is 2. The van der Waals surface area contributed by atoms with Crippen LogP contribution in [0.2, 0.25) is 0 Å². The molecule has 3 saturated heterocycles. The van der Waals surface area contributed by atoms with Gasteiger partial charge in [-0.3, -0.25) is 9.69 Å². The van der Waals surface area contributed by atoms with Gasteiger partial charge in [0.05, 0.1) is 24.8 Å². The van der Waals surface area contributed by atoms with Crippen molar-refractivity contribution in [2.75, 3.05) is 32.8 Å². The lowest BCUT2D eigenvalue weighted by molar-refractivity contribution is -0.182. The first-order chi connectivity index (χ1) is 9.08. The fourth-order valence-electron chi connectivity index (χ4n) is 3.15. The smallest absolute Gasteiger partial charge is 0.219 e. The summed E-state index contributed by atoms with van der Waals surface area (Å²) < 4.78 is 11.3. The Bertz CT molecular complexity index is 359. The van der Waals surface area contributed by atoms with Gasteiger partial charge in [0, 0.05) is 33.1 Å².